The summed E-state index contributed by atoms with van der Waals surface area (Å²) >= 11 is 0. The minimum atomic E-state index is -0.00915. The van der Waals surface area contributed by atoms with Gasteiger partial charge in [0.05, 0.1) is 5.69 Å². The lowest BCUT2D eigenvalue weighted by Crippen LogP contribution is -2.59. The van der Waals surface area contributed by atoms with Gasteiger partial charge >= 0.3 is 0 Å². The van der Waals surface area contributed by atoms with Crippen LogP contribution in [0.3, 0.4) is 0 Å². The lowest BCUT2D eigenvalue weighted by atomic mass is 9.79. The Morgan fingerprint density at radius 3 is 2.85 bits per heavy atom. The Kier molecular flexibility index (Phi) is 4.35. The number of aromatic hydroxyl groups is 1. The highest BCUT2D eigenvalue weighted by atomic mass is 16.3. The van der Waals surface area contributed by atoms with Gasteiger partial charge < -0.3 is 14.9 Å². The van der Waals surface area contributed by atoms with Crippen molar-refractivity contribution in [3.63, 3.8) is 0 Å². The first-order valence-corrected chi connectivity index (χ1v) is 11.9. The van der Waals surface area contributed by atoms with Crippen molar-refractivity contribution in [3.8, 4) is 22.9 Å². The number of pyridine rings is 1. The molecule has 1 amide bonds. The number of carbonyl (C=O) groups excluding carboxylic acids is 1. The Bertz CT molecular complexity index is 1240. The number of likely N-dealkylation sites (tertiary alicyclic amines) is 1. The fourth-order valence-electron chi connectivity index (χ4n) is 6.74. The van der Waals surface area contributed by atoms with Gasteiger partial charge in [-0.15, -0.1) is 0 Å². The van der Waals surface area contributed by atoms with Crippen LogP contribution in [0.2, 0.25) is 0 Å². The predicted molar refractivity (Wildman–Crippen MR) is 126 cm³/mol. The van der Waals surface area contributed by atoms with E-state index in [0.717, 1.165) is 80.1 Å². The molecule has 4 aliphatic rings. The zero-order valence-electron chi connectivity index (χ0n) is 19.0. The highest BCUT2D eigenvalue weighted by Gasteiger charge is 2.50. The normalized spacial score (nSPS) is 24.0. The number of anilines is 1. The number of amides is 1. The number of aromatic nitrogens is 1. The molecule has 2 aliphatic carbocycles. The lowest BCUT2D eigenvalue weighted by Gasteiger charge is -2.47. The second kappa shape index (κ2) is 7.08. The van der Waals surface area contributed by atoms with E-state index >= 15 is 0 Å². The summed E-state index contributed by atoms with van der Waals surface area (Å²) in [7, 11) is 0. The van der Waals surface area contributed by atoms with Crippen molar-refractivity contribution >= 4 is 11.7 Å². The second-order valence-corrected chi connectivity index (χ2v) is 10.4. The first-order chi connectivity index (χ1) is 15.9. The van der Waals surface area contributed by atoms with Gasteiger partial charge in [-0.3, -0.25) is 4.79 Å². The van der Waals surface area contributed by atoms with Gasteiger partial charge in [0.1, 0.15) is 23.2 Å². The van der Waals surface area contributed by atoms with Crippen LogP contribution in [-0.4, -0.2) is 47.1 Å². The van der Waals surface area contributed by atoms with Crippen LogP contribution in [0.25, 0.3) is 11.1 Å². The summed E-state index contributed by atoms with van der Waals surface area (Å²) in [4.78, 5) is 21.2. The minimum Gasteiger partial charge on any atom is -0.508 e. The van der Waals surface area contributed by atoms with Crippen LogP contribution in [0.1, 0.15) is 59.9 Å². The van der Waals surface area contributed by atoms with Gasteiger partial charge in [-0.2, -0.15) is 5.26 Å². The summed E-state index contributed by atoms with van der Waals surface area (Å²) in [6, 6.07) is 7.95. The molecule has 2 atom stereocenters. The third-order valence-electron chi connectivity index (χ3n) is 8.35. The van der Waals surface area contributed by atoms with Crippen molar-refractivity contribution in [2.24, 2.45) is 5.41 Å². The van der Waals surface area contributed by atoms with Crippen LogP contribution in [0.5, 0.6) is 5.75 Å². The van der Waals surface area contributed by atoms with E-state index in [1.54, 1.807) is 12.1 Å². The maximum atomic E-state index is 12.0. The van der Waals surface area contributed by atoms with Crippen molar-refractivity contribution in [2.45, 2.75) is 44.4 Å². The minimum absolute atomic E-state index is 0.00915. The average Bonchev–Trinajstić information content (AvgIpc) is 3.53. The number of nitrogens with zero attached hydrogens (tertiary/aromatic N) is 4. The van der Waals surface area contributed by atoms with Crippen molar-refractivity contribution < 1.29 is 9.90 Å². The molecule has 2 saturated heterocycles. The second-order valence-electron chi connectivity index (χ2n) is 10.4. The van der Waals surface area contributed by atoms with E-state index < -0.39 is 0 Å². The summed E-state index contributed by atoms with van der Waals surface area (Å²) in [5.74, 6) is 1.91. The number of benzene rings is 1. The molecule has 1 N–H and O–H groups in total. The summed E-state index contributed by atoms with van der Waals surface area (Å²) in [5.41, 5.74) is 6.09. The van der Waals surface area contributed by atoms with Crippen LogP contribution in [0.15, 0.2) is 30.9 Å². The van der Waals surface area contributed by atoms with Gasteiger partial charge in [-0.1, -0.05) is 12.6 Å². The molecule has 1 spiro atoms. The Labute approximate surface area is 194 Å². The summed E-state index contributed by atoms with van der Waals surface area (Å²) in [5, 5.41) is 20.7. The number of phenols is 1. The number of fused-ring (bicyclic) bond motifs is 5. The van der Waals surface area contributed by atoms with Gasteiger partial charge in [-0.25, -0.2) is 4.98 Å². The van der Waals surface area contributed by atoms with Crippen molar-refractivity contribution in [2.75, 3.05) is 31.1 Å². The molecule has 2 bridgehead atoms. The van der Waals surface area contributed by atoms with E-state index in [0.29, 0.717) is 17.4 Å². The summed E-state index contributed by atoms with van der Waals surface area (Å²) < 4.78 is 0. The number of aryl methyl sites for hydroxylation is 1. The predicted octanol–water partition coefficient (Wildman–Crippen LogP) is 4.22. The fourth-order valence-corrected chi connectivity index (χ4v) is 6.74. The van der Waals surface area contributed by atoms with Crippen molar-refractivity contribution in [1.82, 2.24) is 9.88 Å². The van der Waals surface area contributed by atoms with Crippen LogP contribution in [-0.2, 0) is 4.79 Å². The molecule has 6 heteroatoms. The molecule has 1 saturated carbocycles. The molecule has 2 aromatic rings. The van der Waals surface area contributed by atoms with Crippen molar-refractivity contribution in [3.05, 3.63) is 53.2 Å². The molecule has 6 nitrogen and oxygen atoms in total. The molecule has 3 heterocycles. The maximum absolute atomic E-state index is 12.0. The number of rotatable bonds is 3. The number of hydrogen-bond acceptors (Lipinski definition) is 5. The van der Waals surface area contributed by atoms with Gasteiger partial charge in [0.25, 0.3) is 0 Å². The molecule has 0 unspecified atom stereocenters. The largest absolute Gasteiger partial charge is 0.508 e. The Balaban J connectivity index is 1.45. The fraction of sp³-hybridized carbons (Fsp3) is 0.444. The number of hydrogen-bond donors (Lipinski definition) is 1. The highest BCUT2D eigenvalue weighted by Crippen LogP contribution is 2.57. The number of nitriles is 1. The van der Waals surface area contributed by atoms with Gasteiger partial charge in [0.15, 0.2) is 0 Å². The van der Waals surface area contributed by atoms with E-state index in [-0.39, 0.29) is 17.1 Å². The van der Waals surface area contributed by atoms with Crippen molar-refractivity contribution in [1.29, 1.82) is 5.26 Å². The molecule has 2 aliphatic heterocycles. The Morgan fingerprint density at radius 1 is 1.30 bits per heavy atom. The van der Waals surface area contributed by atoms with Gasteiger partial charge in [0, 0.05) is 43.1 Å². The van der Waals surface area contributed by atoms with E-state index in [1.165, 1.54) is 11.6 Å². The lowest BCUT2D eigenvalue weighted by molar-refractivity contribution is -0.136. The quantitative estimate of drug-likeness (QED) is 0.723. The molecule has 33 heavy (non-hydrogen) atoms. The zero-order valence-corrected chi connectivity index (χ0v) is 19.0. The average molecular weight is 441 g/mol. The third-order valence-corrected chi connectivity index (χ3v) is 8.35. The summed E-state index contributed by atoms with van der Waals surface area (Å²) in [6.07, 6.45) is 5.80. The molecule has 0 radical (unpaired) electrons. The first-order valence-electron chi connectivity index (χ1n) is 11.9. The Hall–Kier alpha value is -3.33. The van der Waals surface area contributed by atoms with E-state index in [2.05, 4.69) is 17.5 Å². The molecule has 6 rings (SSSR count). The number of carbonyl (C=O) groups is 1. The molecule has 168 valence electrons. The Morgan fingerprint density at radius 2 is 2.09 bits per heavy atom. The SMILES string of the molecule is C=CC(=O)N1CC2(CCN(c3nc4c(c(-c5cc(O)ccc5C)c3C#N)[C@H]3CC[C@@H]4C3)C2)C1. The van der Waals surface area contributed by atoms with Crippen LogP contribution >= 0.6 is 0 Å². The highest BCUT2D eigenvalue weighted by molar-refractivity contribution is 5.88. The topological polar surface area (TPSA) is 80.5 Å². The third kappa shape index (κ3) is 2.91. The zero-order chi connectivity index (χ0) is 22.9. The van der Waals surface area contributed by atoms with Crippen LogP contribution < -0.4 is 4.90 Å². The van der Waals surface area contributed by atoms with Crippen LogP contribution in [0, 0.1) is 23.7 Å². The first kappa shape index (κ1) is 20.3. The molecule has 3 fully saturated rings. The maximum Gasteiger partial charge on any atom is 0.245 e. The monoisotopic (exact) mass is 440 g/mol. The smallest absolute Gasteiger partial charge is 0.245 e. The van der Waals surface area contributed by atoms with E-state index in [4.69, 9.17) is 4.98 Å². The van der Waals surface area contributed by atoms with Crippen LogP contribution in [0.4, 0.5) is 5.82 Å². The van der Waals surface area contributed by atoms with Gasteiger partial charge in [0.2, 0.25) is 5.91 Å². The molecule has 1 aromatic carbocycles. The molecular formula is C27H28N4O2. The summed E-state index contributed by atoms with van der Waals surface area (Å²) in [6.45, 7) is 8.77. The van der Waals surface area contributed by atoms with Gasteiger partial charge in [-0.05, 0) is 73.4 Å². The number of phenolic OH excluding ortho intramolecular Hbond substituents is 1. The van der Waals surface area contributed by atoms with E-state index in [9.17, 15) is 15.2 Å². The molecular weight excluding hydrogens is 412 g/mol. The molecule has 1 aromatic heterocycles. The van der Waals surface area contributed by atoms with E-state index in [1.807, 2.05) is 17.9 Å². The standard InChI is InChI=1S/C27H28N4O2/c1-3-22(33)31-14-27(15-31)8-9-30(13-27)26-21(12-28)24(20-11-19(32)7-4-16(20)2)23-17-5-6-18(10-17)25(23)29-26/h3-4,7,11,17-18,32H,1,5-6,8-10,13-15H2,2H3/t17-,18+/m0/s1.